The summed E-state index contributed by atoms with van der Waals surface area (Å²) in [5, 5.41) is 0. The van der Waals surface area contributed by atoms with Gasteiger partial charge in [0.25, 0.3) is 0 Å². The van der Waals surface area contributed by atoms with E-state index >= 15 is 0 Å². The van der Waals surface area contributed by atoms with E-state index < -0.39 is 5.60 Å². The Hall–Kier alpha value is -0.770. The number of hydrogen-bond acceptors (Lipinski definition) is 3. The lowest BCUT2D eigenvalue weighted by atomic mass is 9.90. The van der Waals surface area contributed by atoms with Gasteiger partial charge < -0.3 is 15.4 Å². The molecule has 1 aliphatic carbocycles. The summed E-state index contributed by atoms with van der Waals surface area (Å²) < 4.78 is 5.48. The second-order valence-corrected chi connectivity index (χ2v) is 8.03. The number of carbonyl (C=O) groups excluding carboxylic acids is 1. The molecule has 0 aromatic heterocycles. The normalized spacial score (nSPS) is 24.8. The predicted molar refractivity (Wildman–Crippen MR) is 85.1 cm³/mol. The summed E-state index contributed by atoms with van der Waals surface area (Å²) >= 11 is 0. The van der Waals surface area contributed by atoms with Crippen LogP contribution in [0.15, 0.2) is 0 Å². The van der Waals surface area contributed by atoms with Gasteiger partial charge in [-0.25, -0.2) is 4.79 Å². The summed E-state index contributed by atoms with van der Waals surface area (Å²) in [6.07, 6.45) is 8.59. The lowest BCUT2D eigenvalue weighted by Gasteiger charge is -2.34. The maximum absolute atomic E-state index is 12.1. The Balaban J connectivity index is 1.71. The van der Waals surface area contributed by atoms with Crippen molar-refractivity contribution >= 4 is 6.09 Å². The molecule has 122 valence electrons. The first-order chi connectivity index (χ1) is 9.84. The number of nitrogens with two attached hydrogens (primary N) is 1. The number of likely N-dealkylation sites (tertiary alicyclic amines) is 1. The van der Waals surface area contributed by atoms with E-state index in [4.69, 9.17) is 10.5 Å². The molecule has 0 spiro atoms. The monoisotopic (exact) mass is 296 g/mol. The number of amides is 1. The number of ether oxygens (including phenoxy) is 1. The fourth-order valence-corrected chi connectivity index (χ4v) is 3.29. The van der Waals surface area contributed by atoms with Gasteiger partial charge >= 0.3 is 6.09 Å². The van der Waals surface area contributed by atoms with E-state index in [0.29, 0.717) is 11.3 Å². The first-order valence-electron chi connectivity index (χ1n) is 8.52. The minimum absolute atomic E-state index is 0.146. The summed E-state index contributed by atoms with van der Waals surface area (Å²) in [4.78, 5) is 14.0. The van der Waals surface area contributed by atoms with Crippen LogP contribution in [0.4, 0.5) is 4.79 Å². The molecule has 2 N–H and O–H groups in total. The van der Waals surface area contributed by atoms with Gasteiger partial charge in [-0.15, -0.1) is 0 Å². The zero-order valence-electron chi connectivity index (χ0n) is 14.0. The van der Waals surface area contributed by atoms with Crippen molar-refractivity contribution in [2.24, 2.45) is 17.1 Å². The van der Waals surface area contributed by atoms with Crippen molar-refractivity contribution in [1.82, 2.24) is 4.90 Å². The molecule has 21 heavy (non-hydrogen) atoms. The molecule has 0 bridgehead atoms. The summed E-state index contributed by atoms with van der Waals surface area (Å²) in [5.41, 5.74) is 5.93. The van der Waals surface area contributed by atoms with Gasteiger partial charge in [-0.3, -0.25) is 0 Å². The quantitative estimate of drug-likeness (QED) is 0.844. The second kappa shape index (κ2) is 6.55. The zero-order chi connectivity index (χ0) is 15.5. The van der Waals surface area contributed by atoms with Crippen LogP contribution in [-0.4, -0.2) is 36.2 Å². The predicted octanol–water partition coefficient (Wildman–Crippen LogP) is 3.54. The zero-order valence-corrected chi connectivity index (χ0v) is 14.0. The van der Waals surface area contributed by atoms with Gasteiger partial charge in [0.1, 0.15) is 5.60 Å². The van der Waals surface area contributed by atoms with Gasteiger partial charge in [0, 0.05) is 13.1 Å². The average Bonchev–Trinajstić information content (AvgIpc) is 3.18. The summed E-state index contributed by atoms with van der Waals surface area (Å²) in [6.45, 7) is 8.33. The molecular formula is C17H32N2O2. The van der Waals surface area contributed by atoms with Gasteiger partial charge in [0.05, 0.1) is 0 Å². The molecule has 2 aliphatic rings. The lowest BCUT2D eigenvalue weighted by Crippen LogP contribution is -2.42. The number of nitrogens with zero attached hydrogens (tertiary/aromatic N) is 1. The van der Waals surface area contributed by atoms with Crippen LogP contribution < -0.4 is 5.73 Å². The number of carbonyl (C=O) groups is 1. The third-order valence-electron chi connectivity index (χ3n) is 4.88. The van der Waals surface area contributed by atoms with E-state index in [0.717, 1.165) is 26.1 Å². The van der Waals surface area contributed by atoms with Crippen LogP contribution in [0.3, 0.4) is 0 Å². The van der Waals surface area contributed by atoms with Crippen molar-refractivity contribution in [1.29, 1.82) is 0 Å². The van der Waals surface area contributed by atoms with E-state index in [1.807, 2.05) is 25.7 Å². The molecule has 1 saturated heterocycles. The first-order valence-corrected chi connectivity index (χ1v) is 8.52. The maximum Gasteiger partial charge on any atom is 0.410 e. The Labute approximate surface area is 129 Å². The van der Waals surface area contributed by atoms with E-state index in [1.54, 1.807) is 0 Å². The number of piperidine rings is 1. The van der Waals surface area contributed by atoms with Crippen molar-refractivity contribution in [3.05, 3.63) is 0 Å². The van der Waals surface area contributed by atoms with Gasteiger partial charge in [-0.05, 0) is 77.2 Å². The van der Waals surface area contributed by atoms with Crippen molar-refractivity contribution in [3.63, 3.8) is 0 Å². The third kappa shape index (κ3) is 5.17. The van der Waals surface area contributed by atoms with Crippen LogP contribution in [0, 0.1) is 11.3 Å². The van der Waals surface area contributed by atoms with Gasteiger partial charge in [0.15, 0.2) is 0 Å². The van der Waals surface area contributed by atoms with E-state index in [-0.39, 0.29) is 6.09 Å². The molecule has 0 aromatic rings. The highest BCUT2D eigenvalue weighted by Gasteiger charge is 2.40. The fraction of sp³-hybridized carbons (Fsp3) is 0.941. The molecule has 2 fully saturated rings. The molecule has 2 rings (SSSR count). The maximum atomic E-state index is 12.1. The van der Waals surface area contributed by atoms with Crippen LogP contribution in [0.2, 0.25) is 0 Å². The highest BCUT2D eigenvalue weighted by Crippen LogP contribution is 2.49. The standard InChI is InChI=1S/C17H32N2O2/c1-16(2,3)21-15(20)19-11-5-7-14(12-19)6-4-8-17(13-18)9-10-17/h14H,4-13,18H2,1-3H3. The molecule has 1 aliphatic heterocycles. The molecule has 1 atom stereocenters. The SMILES string of the molecule is CC(C)(C)OC(=O)N1CCCC(CCCC2(CN)CC2)C1. The Kier molecular flexibility index (Phi) is 5.18. The van der Waals surface area contributed by atoms with Crippen molar-refractivity contribution in [2.75, 3.05) is 19.6 Å². The molecular weight excluding hydrogens is 264 g/mol. The first kappa shape index (κ1) is 16.6. The van der Waals surface area contributed by atoms with Gasteiger partial charge in [-0.1, -0.05) is 6.42 Å². The molecule has 1 heterocycles. The third-order valence-corrected chi connectivity index (χ3v) is 4.88. The van der Waals surface area contributed by atoms with Crippen LogP contribution in [0.5, 0.6) is 0 Å². The molecule has 0 aromatic carbocycles. The Morgan fingerprint density at radius 2 is 2.10 bits per heavy atom. The minimum Gasteiger partial charge on any atom is -0.444 e. The van der Waals surface area contributed by atoms with Crippen LogP contribution in [0.1, 0.15) is 65.7 Å². The second-order valence-electron chi connectivity index (χ2n) is 8.03. The molecule has 1 amide bonds. The summed E-state index contributed by atoms with van der Waals surface area (Å²) in [5.74, 6) is 0.639. The largest absolute Gasteiger partial charge is 0.444 e. The van der Waals surface area contributed by atoms with Crippen molar-refractivity contribution in [3.8, 4) is 0 Å². The summed E-state index contributed by atoms with van der Waals surface area (Å²) in [7, 11) is 0. The molecule has 1 unspecified atom stereocenters. The van der Waals surface area contributed by atoms with Crippen LogP contribution in [0.25, 0.3) is 0 Å². The Bertz CT molecular complexity index is 358. The molecule has 4 heteroatoms. The minimum atomic E-state index is -0.399. The van der Waals surface area contributed by atoms with Gasteiger partial charge in [-0.2, -0.15) is 0 Å². The lowest BCUT2D eigenvalue weighted by molar-refractivity contribution is 0.0160. The van der Waals surface area contributed by atoms with Crippen molar-refractivity contribution < 1.29 is 9.53 Å². The van der Waals surface area contributed by atoms with E-state index in [9.17, 15) is 4.79 Å². The van der Waals surface area contributed by atoms with E-state index in [2.05, 4.69) is 0 Å². The topological polar surface area (TPSA) is 55.6 Å². The molecule has 4 nitrogen and oxygen atoms in total. The molecule has 0 radical (unpaired) electrons. The Morgan fingerprint density at radius 3 is 2.67 bits per heavy atom. The average molecular weight is 296 g/mol. The van der Waals surface area contributed by atoms with Crippen LogP contribution in [-0.2, 0) is 4.74 Å². The number of hydrogen-bond donors (Lipinski definition) is 1. The van der Waals surface area contributed by atoms with Crippen LogP contribution >= 0.6 is 0 Å². The Morgan fingerprint density at radius 1 is 1.38 bits per heavy atom. The molecule has 1 saturated carbocycles. The highest BCUT2D eigenvalue weighted by atomic mass is 16.6. The van der Waals surface area contributed by atoms with Crippen molar-refractivity contribution in [2.45, 2.75) is 71.3 Å². The highest BCUT2D eigenvalue weighted by molar-refractivity contribution is 5.68. The number of rotatable bonds is 5. The van der Waals surface area contributed by atoms with E-state index in [1.165, 1.54) is 38.5 Å². The van der Waals surface area contributed by atoms with Gasteiger partial charge in [0.2, 0.25) is 0 Å². The fourth-order valence-electron chi connectivity index (χ4n) is 3.29. The summed E-state index contributed by atoms with van der Waals surface area (Å²) in [6, 6.07) is 0. The smallest absolute Gasteiger partial charge is 0.410 e.